The predicted octanol–water partition coefficient (Wildman–Crippen LogP) is 0.917. The summed E-state index contributed by atoms with van der Waals surface area (Å²) in [4.78, 5) is 11.2. The van der Waals surface area contributed by atoms with Crippen LogP contribution >= 0.6 is 0 Å². The Balaban J connectivity index is 2.09. The van der Waals surface area contributed by atoms with E-state index < -0.39 is 0 Å². The molecule has 1 unspecified atom stereocenters. The van der Waals surface area contributed by atoms with E-state index in [1.54, 1.807) is 0 Å². The van der Waals surface area contributed by atoms with Gasteiger partial charge in [0.15, 0.2) is 0 Å². The smallest absolute Gasteiger partial charge is 0.221 e. The quantitative estimate of drug-likeness (QED) is 0.710. The highest BCUT2D eigenvalue weighted by Gasteiger charge is 2.19. The lowest BCUT2D eigenvalue weighted by atomic mass is 9.93. The molecule has 1 saturated heterocycles. The van der Waals surface area contributed by atoms with Crippen molar-refractivity contribution in [2.45, 2.75) is 39.2 Å². The van der Waals surface area contributed by atoms with E-state index in [1.165, 1.54) is 0 Å². The Morgan fingerprint density at radius 3 is 2.75 bits per heavy atom. The third kappa shape index (κ3) is 4.94. The van der Waals surface area contributed by atoms with E-state index in [1.807, 2.05) is 6.92 Å². The second-order valence-electron chi connectivity index (χ2n) is 4.40. The minimum Gasteiger partial charge on any atom is -0.381 e. The summed E-state index contributed by atoms with van der Waals surface area (Å²) in [5, 5.41) is 6.23. The molecule has 94 valence electrons. The first-order chi connectivity index (χ1) is 7.74. The van der Waals surface area contributed by atoms with Crippen LogP contribution in [0.4, 0.5) is 0 Å². The lowest BCUT2D eigenvalue weighted by molar-refractivity contribution is -0.120. The van der Waals surface area contributed by atoms with Crippen molar-refractivity contribution >= 4 is 5.91 Å². The summed E-state index contributed by atoms with van der Waals surface area (Å²) in [5.74, 6) is 0.831. The molecule has 4 nitrogen and oxygen atoms in total. The molecule has 1 rings (SSSR count). The number of hydrogen-bond acceptors (Lipinski definition) is 3. The van der Waals surface area contributed by atoms with Crippen LogP contribution in [0.15, 0.2) is 0 Å². The van der Waals surface area contributed by atoms with Gasteiger partial charge in [0, 0.05) is 38.8 Å². The Kier molecular flexibility index (Phi) is 6.42. The second-order valence-corrected chi connectivity index (χ2v) is 4.40. The van der Waals surface area contributed by atoms with E-state index in [4.69, 9.17) is 4.74 Å². The van der Waals surface area contributed by atoms with E-state index in [0.717, 1.165) is 32.6 Å². The molecule has 0 radical (unpaired) electrons. The average Bonchev–Trinajstić information content (AvgIpc) is 2.30. The summed E-state index contributed by atoms with van der Waals surface area (Å²) in [6.45, 7) is 7.39. The van der Waals surface area contributed by atoms with Crippen molar-refractivity contribution in [2.75, 3.05) is 26.3 Å². The summed E-state index contributed by atoms with van der Waals surface area (Å²) in [7, 11) is 0. The summed E-state index contributed by atoms with van der Waals surface area (Å²) in [5.41, 5.74) is 0. The molecule has 1 aliphatic heterocycles. The minimum atomic E-state index is 0.133. The fraction of sp³-hybridized carbons (Fsp3) is 0.917. The molecule has 1 aliphatic rings. The topological polar surface area (TPSA) is 50.4 Å². The summed E-state index contributed by atoms with van der Waals surface area (Å²) in [6, 6.07) is 0.485. The van der Waals surface area contributed by atoms with Crippen molar-refractivity contribution in [1.29, 1.82) is 0 Å². The van der Waals surface area contributed by atoms with Gasteiger partial charge >= 0.3 is 0 Å². The van der Waals surface area contributed by atoms with Gasteiger partial charge in [-0.3, -0.25) is 4.79 Å². The SMILES string of the molecule is CCNC(=O)CCNC(C)C1CCOCC1. The lowest BCUT2D eigenvalue weighted by Crippen LogP contribution is -2.38. The molecule has 1 atom stereocenters. The number of hydrogen-bond donors (Lipinski definition) is 2. The molecule has 1 fully saturated rings. The normalized spacial score (nSPS) is 19.4. The monoisotopic (exact) mass is 228 g/mol. The summed E-state index contributed by atoms with van der Waals surface area (Å²) in [6.07, 6.45) is 2.84. The second kappa shape index (κ2) is 7.63. The molecule has 16 heavy (non-hydrogen) atoms. The molecule has 4 heteroatoms. The fourth-order valence-corrected chi connectivity index (χ4v) is 2.08. The first kappa shape index (κ1) is 13.5. The zero-order valence-corrected chi connectivity index (χ0v) is 10.4. The molecule has 0 aromatic rings. The van der Waals surface area contributed by atoms with E-state index in [-0.39, 0.29) is 5.91 Å². The number of carbonyl (C=O) groups excluding carboxylic acids is 1. The van der Waals surface area contributed by atoms with Crippen LogP contribution in [-0.4, -0.2) is 38.3 Å². The van der Waals surface area contributed by atoms with Crippen molar-refractivity contribution in [1.82, 2.24) is 10.6 Å². The van der Waals surface area contributed by atoms with Gasteiger partial charge in [0.1, 0.15) is 0 Å². The van der Waals surface area contributed by atoms with Gasteiger partial charge in [-0.05, 0) is 32.6 Å². The van der Waals surface area contributed by atoms with Gasteiger partial charge < -0.3 is 15.4 Å². The maximum absolute atomic E-state index is 11.2. The number of ether oxygens (including phenoxy) is 1. The first-order valence-corrected chi connectivity index (χ1v) is 6.32. The fourth-order valence-electron chi connectivity index (χ4n) is 2.08. The van der Waals surface area contributed by atoms with Crippen molar-refractivity contribution in [3.05, 3.63) is 0 Å². The number of carbonyl (C=O) groups is 1. The van der Waals surface area contributed by atoms with Crippen LogP contribution in [0.2, 0.25) is 0 Å². The summed E-state index contributed by atoms with van der Waals surface area (Å²) < 4.78 is 5.33. The van der Waals surface area contributed by atoms with Gasteiger partial charge in [-0.1, -0.05) is 0 Å². The molecule has 0 saturated carbocycles. The zero-order chi connectivity index (χ0) is 11.8. The Bertz CT molecular complexity index is 203. The highest BCUT2D eigenvalue weighted by atomic mass is 16.5. The highest BCUT2D eigenvalue weighted by Crippen LogP contribution is 2.18. The first-order valence-electron chi connectivity index (χ1n) is 6.32. The predicted molar refractivity (Wildman–Crippen MR) is 64.3 cm³/mol. The van der Waals surface area contributed by atoms with E-state index in [2.05, 4.69) is 17.6 Å². The van der Waals surface area contributed by atoms with Crippen LogP contribution in [0.25, 0.3) is 0 Å². The van der Waals surface area contributed by atoms with Gasteiger partial charge in [0.2, 0.25) is 5.91 Å². The van der Waals surface area contributed by atoms with Crippen LogP contribution in [-0.2, 0) is 9.53 Å². The van der Waals surface area contributed by atoms with Crippen LogP contribution < -0.4 is 10.6 Å². The summed E-state index contributed by atoms with van der Waals surface area (Å²) >= 11 is 0. The molecule has 1 heterocycles. The van der Waals surface area contributed by atoms with Crippen LogP contribution in [0, 0.1) is 5.92 Å². The maximum atomic E-state index is 11.2. The maximum Gasteiger partial charge on any atom is 0.221 e. The lowest BCUT2D eigenvalue weighted by Gasteiger charge is -2.28. The minimum absolute atomic E-state index is 0.133. The van der Waals surface area contributed by atoms with Crippen LogP contribution in [0.5, 0.6) is 0 Å². The van der Waals surface area contributed by atoms with Crippen molar-refractivity contribution in [3.8, 4) is 0 Å². The molecule has 0 spiro atoms. The van der Waals surface area contributed by atoms with Crippen molar-refractivity contribution < 1.29 is 9.53 Å². The molecule has 0 aromatic heterocycles. The Labute approximate surface area is 98.1 Å². The Morgan fingerprint density at radius 1 is 1.44 bits per heavy atom. The molecule has 0 bridgehead atoms. The van der Waals surface area contributed by atoms with E-state index >= 15 is 0 Å². The molecule has 0 aliphatic carbocycles. The number of rotatable bonds is 6. The molecule has 1 amide bonds. The third-order valence-corrected chi connectivity index (χ3v) is 3.17. The largest absolute Gasteiger partial charge is 0.381 e. The van der Waals surface area contributed by atoms with Gasteiger partial charge in [-0.25, -0.2) is 0 Å². The van der Waals surface area contributed by atoms with Crippen molar-refractivity contribution in [3.63, 3.8) is 0 Å². The molecule has 0 aromatic carbocycles. The van der Waals surface area contributed by atoms with Gasteiger partial charge in [-0.2, -0.15) is 0 Å². The van der Waals surface area contributed by atoms with Gasteiger partial charge in [0.25, 0.3) is 0 Å². The molecular formula is C12H24N2O2. The Hall–Kier alpha value is -0.610. The Morgan fingerprint density at radius 2 is 2.12 bits per heavy atom. The van der Waals surface area contributed by atoms with Crippen LogP contribution in [0.3, 0.4) is 0 Å². The number of nitrogens with one attached hydrogen (secondary N) is 2. The van der Waals surface area contributed by atoms with E-state index in [0.29, 0.717) is 24.9 Å². The van der Waals surface area contributed by atoms with Crippen LogP contribution in [0.1, 0.15) is 33.1 Å². The standard InChI is InChI=1S/C12H24N2O2/c1-3-13-12(15)4-7-14-10(2)11-5-8-16-9-6-11/h10-11,14H,3-9H2,1-2H3,(H,13,15). The zero-order valence-electron chi connectivity index (χ0n) is 10.4. The highest BCUT2D eigenvalue weighted by molar-refractivity contribution is 5.75. The molecule has 2 N–H and O–H groups in total. The third-order valence-electron chi connectivity index (χ3n) is 3.17. The van der Waals surface area contributed by atoms with Gasteiger partial charge in [-0.15, -0.1) is 0 Å². The van der Waals surface area contributed by atoms with Crippen molar-refractivity contribution in [2.24, 2.45) is 5.92 Å². The van der Waals surface area contributed by atoms with E-state index in [9.17, 15) is 4.79 Å². The average molecular weight is 228 g/mol. The van der Waals surface area contributed by atoms with Gasteiger partial charge in [0.05, 0.1) is 0 Å². The number of amides is 1. The molecular weight excluding hydrogens is 204 g/mol.